The summed E-state index contributed by atoms with van der Waals surface area (Å²) in [5.74, 6) is -0.0528. The fraction of sp³-hybridized carbons (Fsp3) is 0.636. The minimum absolute atomic E-state index is 0.0528. The molecule has 0 bridgehead atoms. The van der Waals surface area contributed by atoms with Crippen LogP contribution in [0.25, 0.3) is 5.65 Å². The Balaban J connectivity index is 1.62. The van der Waals surface area contributed by atoms with Crippen molar-refractivity contribution in [2.45, 2.75) is 72.1 Å². The maximum Gasteiger partial charge on any atom is 0.255 e. The third-order valence-electron chi connectivity index (χ3n) is 5.12. The number of carbonyl (C=O) groups excluding carboxylic acids is 1. The third kappa shape index (κ3) is 5.11. The Morgan fingerprint density at radius 3 is 2.64 bits per heavy atom. The first-order valence-corrected chi connectivity index (χ1v) is 10.2. The Hall–Kier alpha value is -1.92. The number of nitrogens with one attached hydrogen (secondary N) is 1. The molecule has 1 saturated carbocycles. The Morgan fingerprint density at radius 2 is 2.00 bits per heavy atom. The number of ether oxygens (including phenoxy) is 2. The van der Waals surface area contributed by atoms with Crippen LogP contribution in [0.3, 0.4) is 0 Å². The van der Waals surface area contributed by atoms with E-state index < -0.39 is 0 Å². The molecule has 0 radical (unpaired) electrons. The molecule has 1 N–H and O–H groups in total. The van der Waals surface area contributed by atoms with Gasteiger partial charge < -0.3 is 19.2 Å². The average Bonchev–Trinajstić information content (AvgIpc) is 3.04. The van der Waals surface area contributed by atoms with Gasteiger partial charge in [0.15, 0.2) is 0 Å². The summed E-state index contributed by atoms with van der Waals surface area (Å²) >= 11 is 0. The van der Waals surface area contributed by atoms with E-state index in [1.54, 1.807) is 7.11 Å². The second-order valence-electron chi connectivity index (χ2n) is 9.06. The molecule has 0 atom stereocenters. The molecule has 2 aromatic rings. The number of hydrogen-bond acceptors (Lipinski definition) is 4. The average molecular weight is 388 g/mol. The van der Waals surface area contributed by atoms with Gasteiger partial charge in [0.2, 0.25) is 0 Å². The minimum Gasteiger partial charge on any atom is -0.378 e. The van der Waals surface area contributed by atoms with Gasteiger partial charge in [-0.15, -0.1) is 0 Å². The number of methoxy groups -OCH3 is 1. The monoisotopic (exact) mass is 387 g/mol. The molecule has 0 spiro atoms. The topological polar surface area (TPSA) is 64.9 Å². The van der Waals surface area contributed by atoms with E-state index in [1.165, 1.54) is 0 Å². The van der Waals surface area contributed by atoms with E-state index >= 15 is 0 Å². The molecule has 2 aromatic heterocycles. The summed E-state index contributed by atoms with van der Waals surface area (Å²) in [6.07, 6.45) is 6.09. The molecule has 28 heavy (non-hydrogen) atoms. The van der Waals surface area contributed by atoms with Gasteiger partial charge in [-0.3, -0.25) is 4.79 Å². The first-order chi connectivity index (χ1) is 13.3. The zero-order chi connectivity index (χ0) is 20.3. The molecule has 1 fully saturated rings. The highest BCUT2D eigenvalue weighted by Crippen LogP contribution is 2.24. The SMILES string of the molecule is COCc1cc(C)nc2c(C(=O)N[C@H]3CC[C@H](OCC(C)(C)C)CC3)ccn12. The van der Waals surface area contributed by atoms with E-state index in [-0.39, 0.29) is 17.4 Å². The number of hydrogen-bond donors (Lipinski definition) is 1. The van der Waals surface area contributed by atoms with Crippen molar-refractivity contribution in [1.29, 1.82) is 0 Å². The van der Waals surface area contributed by atoms with Crippen LogP contribution in [-0.2, 0) is 16.1 Å². The summed E-state index contributed by atoms with van der Waals surface area (Å²) in [5.41, 5.74) is 3.36. The molecule has 1 aliphatic rings. The maximum absolute atomic E-state index is 12.9. The van der Waals surface area contributed by atoms with Crippen molar-refractivity contribution in [2.75, 3.05) is 13.7 Å². The van der Waals surface area contributed by atoms with Crippen LogP contribution in [0, 0.1) is 12.3 Å². The fourth-order valence-corrected chi connectivity index (χ4v) is 3.72. The molecule has 3 rings (SSSR count). The Morgan fingerprint density at radius 1 is 1.29 bits per heavy atom. The summed E-state index contributed by atoms with van der Waals surface area (Å²) in [6, 6.07) is 4.02. The lowest BCUT2D eigenvalue weighted by Gasteiger charge is -2.31. The lowest BCUT2D eigenvalue weighted by Crippen LogP contribution is -2.39. The summed E-state index contributed by atoms with van der Waals surface area (Å²) < 4.78 is 13.2. The van der Waals surface area contributed by atoms with Crippen LogP contribution < -0.4 is 5.32 Å². The summed E-state index contributed by atoms with van der Waals surface area (Å²) in [5, 5.41) is 3.20. The van der Waals surface area contributed by atoms with E-state index in [4.69, 9.17) is 9.47 Å². The molecule has 0 aromatic carbocycles. The standard InChI is InChI=1S/C22H33N3O3/c1-15-12-17(13-27-5)25-11-10-19(20(25)23-15)21(26)24-16-6-8-18(9-7-16)28-14-22(2,3)4/h10-12,16,18H,6-9,13-14H2,1-5H3,(H,24,26)/t16-,18-. The van der Waals surface area contributed by atoms with Crippen molar-refractivity contribution >= 4 is 11.6 Å². The maximum atomic E-state index is 12.9. The molecule has 2 heterocycles. The smallest absolute Gasteiger partial charge is 0.255 e. The van der Waals surface area contributed by atoms with Gasteiger partial charge in [-0.2, -0.15) is 0 Å². The Labute approximate surface area is 167 Å². The van der Waals surface area contributed by atoms with Gasteiger partial charge in [0.25, 0.3) is 5.91 Å². The number of nitrogens with zero attached hydrogens (tertiary/aromatic N) is 2. The van der Waals surface area contributed by atoms with Crippen LogP contribution in [0.2, 0.25) is 0 Å². The van der Waals surface area contributed by atoms with Crippen molar-refractivity contribution in [1.82, 2.24) is 14.7 Å². The van der Waals surface area contributed by atoms with Gasteiger partial charge in [0.1, 0.15) is 5.65 Å². The molecule has 0 aliphatic heterocycles. The van der Waals surface area contributed by atoms with E-state index in [0.29, 0.717) is 23.9 Å². The highest BCUT2D eigenvalue weighted by Gasteiger charge is 2.25. The van der Waals surface area contributed by atoms with Crippen molar-refractivity contribution in [3.8, 4) is 0 Å². The van der Waals surface area contributed by atoms with E-state index in [0.717, 1.165) is 43.7 Å². The molecular formula is C22H33N3O3. The van der Waals surface area contributed by atoms with Crippen molar-refractivity contribution in [3.63, 3.8) is 0 Å². The number of rotatable bonds is 6. The molecule has 154 valence electrons. The number of fused-ring (bicyclic) bond motifs is 1. The predicted octanol–water partition coefficient (Wildman–Crippen LogP) is 3.89. The summed E-state index contributed by atoms with van der Waals surface area (Å²) in [7, 11) is 1.67. The normalized spacial score (nSPS) is 20.5. The zero-order valence-electron chi connectivity index (χ0n) is 17.7. The Kier molecular flexibility index (Phi) is 6.40. The molecule has 0 saturated heterocycles. The minimum atomic E-state index is -0.0528. The van der Waals surface area contributed by atoms with Gasteiger partial charge >= 0.3 is 0 Å². The summed E-state index contributed by atoms with van der Waals surface area (Å²) in [4.78, 5) is 17.5. The Bertz CT molecular complexity index is 814. The van der Waals surface area contributed by atoms with Crippen LogP contribution in [0.4, 0.5) is 0 Å². The van der Waals surface area contributed by atoms with E-state index in [2.05, 4.69) is 31.1 Å². The quantitative estimate of drug-likeness (QED) is 0.817. The van der Waals surface area contributed by atoms with Gasteiger partial charge in [0.05, 0.1) is 30.6 Å². The molecule has 6 nitrogen and oxygen atoms in total. The van der Waals surface area contributed by atoms with E-state index in [9.17, 15) is 4.79 Å². The summed E-state index contributed by atoms with van der Waals surface area (Å²) in [6.45, 7) is 9.76. The van der Waals surface area contributed by atoms with Crippen LogP contribution in [-0.4, -0.2) is 41.2 Å². The van der Waals surface area contributed by atoms with Gasteiger partial charge in [0, 0.05) is 25.0 Å². The first kappa shape index (κ1) is 20.8. The van der Waals surface area contributed by atoms with Crippen LogP contribution in [0.15, 0.2) is 18.3 Å². The largest absolute Gasteiger partial charge is 0.378 e. The van der Waals surface area contributed by atoms with Crippen LogP contribution >= 0.6 is 0 Å². The highest BCUT2D eigenvalue weighted by molar-refractivity contribution is 6.00. The predicted molar refractivity (Wildman–Crippen MR) is 110 cm³/mol. The number of aromatic nitrogens is 2. The molecular weight excluding hydrogens is 354 g/mol. The van der Waals surface area contributed by atoms with E-state index in [1.807, 2.05) is 29.7 Å². The van der Waals surface area contributed by atoms with Gasteiger partial charge in [-0.1, -0.05) is 20.8 Å². The van der Waals surface area contributed by atoms with Crippen molar-refractivity contribution < 1.29 is 14.3 Å². The number of amides is 1. The molecule has 6 heteroatoms. The highest BCUT2D eigenvalue weighted by atomic mass is 16.5. The van der Waals surface area contributed by atoms with Crippen molar-refractivity contribution in [2.24, 2.45) is 5.41 Å². The molecule has 0 unspecified atom stereocenters. The second kappa shape index (κ2) is 8.62. The lowest BCUT2D eigenvalue weighted by atomic mass is 9.92. The van der Waals surface area contributed by atoms with Gasteiger partial charge in [-0.05, 0) is 50.2 Å². The fourth-order valence-electron chi connectivity index (χ4n) is 3.72. The third-order valence-corrected chi connectivity index (χ3v) is 5.12. The number of aryl methyl sites for hydroxylation is 1. The second-order valence-corrected chi connectivity index (χ2v) is 9.06. The van der Waals surface area contributed by atoms with Crippen molar-refractivity contribution in [3.05, 3.63) is 35.3 Å². The first-order valence-electron chi connectivity index (χ1n) is 10.2. The van der Waals surface area contributed by atoms with Crippen LogP contribution in [0.1, 0.15) is 68.2 Å². The zero-order valence-corrected chi connectivity index (χ0v) is 17.7. The van der Waals surface area contributed by atoms with Gasteiger partial charge in [-0.25, -0.2) is 4.98 Å². The number of carbonyl (C=O) groups is 1. The molecule has 1 aliphatic carbocycles. The van der Waals surface area contributed by atoms with Crippen LogP contribution in [0.5, 0.6) is 0 Å². The molecule has 1 amide bonds. The lowest BCUT2D eigenvalue weighted by molar-refractivity contribution is -0.0134.